The van der Waals surface area contributed by atoms with E-state index in [1.165, 1.54) is 5.01 Å². The van der Waals surface area contributed by atoms with Crippen molar-refractivity contribution in [3.63, 3.8) is 0 Å². The first kappa shape index (κ1) is 30.1. The van der Waals surface area contributed by atoms with E-state index >= 15 is 0 Å². The summed E-state index contributed by atoms with van der Waals surface area (Å²) in [7, 11) is -4.37. The average molecular weight is 607 g/mol. The van der Waals surface area contributed by atoms with E-state index in [1.807, 2.05) is 30.3 Å². The molecule has 216 valence electrons. The summed E-state index contributed by atoms with van der Waals surface area (Å²) in [5.74, 6) is -1.33. The van der Waals surface area contributed by atoms with E-state index in [4.69, 9.17) is 21.8 Å². The summed E-state index contributed by atoms with van der Waals surface area (Å²) in [5, 5.41) is 15.7. The lowest BCUT2D eigenvalue weighted by Gasteiger charge is -2.32. The first-order valence-electron chi connectivity index (χ1n) is 12.6. The summed E-state index contributed by atoms with van der Waals surface area (Å²) < 4.78 is 67.8. The number of hydrogen-bond acceptors (Lipinski definition) is 5. The van der Waals surface area contributed by atoms with Crippen molar-refractivity contribution >= 4 is 39.3 Å². The van der Waals surface area contributed by atoms with Crippen LogP contribution in [0.1, 0.15) is 41.9 Å². The largest absolute Gasteiger partial charge is 0.481 e. The van der Waals surface area contributed by atoms with E-state index in [-0.39, 0.29) is 37.8 Å². The summed E-state index contributed by atoms with van der Waals surface area (Å²) in [5.41, 5.74) is 1.40. The number of aliphatic carboxylic acids is 1. The van der Waals surface area contributed by atoms with Crippen molar-refractivity contribution < 1.29 is 31.5 Å². The van der Waals surface area contributed by atoms with Gasteiger partial charge in [0.15, 0.2) is 0 Å². The maximum atomic E-state index is 13.2. The van der Waals surface area contributed by atoms with Crippen LogP contribution in [0.2, 0.25) is 5.02 Å². The van der Waals surface area contributed by atoms with Crippen LogP contribution in [-0.4, -0.2) is 49.3 Å². The number of halogens is 4. The Kier molecular flexibility index (Phi) is 9.34. The van der Waals surface area contributed by atoms with E-state index in [0.29, 0.717) is 29.3 Å². The number of alkyl halides is 3. The maximum Gasteiger partial charge on any atom is 0.416 e. The summed E-state index contributed by atoms with van der Waals surface area (Å²) >= 11 is 6.09. The lowest BCUT2D eigenvalue weighted by Crippen LogP contribution is -2.45. The van der Waals surface area contributed by atoms with Crippen LogP contribution in [0.3, 0.4) is 0 Å². The molecule has 0 radical (unpaired) electrons. The number of aliphatic imine (C=N–C) groups is 1. The zero-order chi connectivity index (χ0) is 29.6. The molecule has 3 aromatic rings. The molecule has 0 saturated carbocycles. The molecule has 1 aliphatic rings. The third-order valence-corrected chi connectivity index (χ3v) is 7.90. The van der Waals surface area contributed by atoms with Gasteiger partial charge in [0.05, 0.1) is 16.2 Å². The van der Waals surface area contributed by atoms with E-state index in [9.17, 15) is 26.4 Å². The number of nitrogens with zero attached hydrogens (tertiary/aromatic N) is 3. The molecule has 8 nitrogen and oxygen atoms in total. The molecule has 0 amide bonds. The minimum absolute atomic E-state index is 0.0262. The summed E-state index contributed by atoms with van der Waals surface area (Å²) in [4.78, 5) is 14.9. The summed E-state index contributed by atoms with van der Waals surface area (Å²) in [6, 6.07) is 19.8. The van der Waals surface area contributed by atoms with Crippen molar-refractivity contribution in [3.8, 4) is 0 Å². The van der Waals surface area contributed by atoms with Crippen LogP contribution in [0, 0.1) is 0 Å². The molecule has 0 spiro atoms. The molecule has 13 heteroatoms. The molecule has 0 saturated heterocycles. The highest BCUT2D eigenvalue weighted by atomic mass is 35.5. The summed E-state index contributed by atoms with van der Waals surface area (Å²) in [6.07, 6.45) is -4.14. The van der Waals surface area contributed by atoms with Crippen LogP contribution >= 0.6 is 11.6 Å². The SMILES string of the molecule is O=C(O)CCCN=C(NS(=O)(=O)c1ccc(C(F)(F)F)cc1)N1CCC(c2ccccc2)C(c2ccc(Cl)cc2)=N1. The number of benzene rings is 3. The number of nitrogens with one attached hydrogen (secondary N) is 1. The molecule has 1 unspecified atom stereocenters. The van der Waals surface area contributed by atoms with E-state index < -0.39 is 32.6 Å². The zero-order valence-electron chi connectivity index (χ0n) is 21.6. The minimum atomic E-state index is -4.62. The lowest BCUT2D eigenvalue weighted by atomic mass is 9.86. The van der Waals surface area contributed by atoms with Gasteiger partial charge in [-0.05, 0) is 60.4 Å². The molecular formula is C28H26ClF3N4O4S. The fourth-order valence-electron chi connectivity index (χ4n) is 4.26. The smallest absolute Gasteiger partial charge is 0.416 e. The number of sulfonamides is 1. The van der Waals surface area contributed by atoms with Crippen LogP contribution in [0.25, 0.3) is 0 Å². The highest BCUT2D eigenvalue weighted by Gasteiger charge is 2.32. The van der Waals surface area contributed by atoms with Crippen molar-refractivity contribution in [2.24, 2.45) is 10.1 Å². The normalized spacial score (nSPS) is 16.3. The number of hydrazone groups is 1. The molecule has 1 atom stereocenters. The highest BCUT2D eigenvalue weighted by molar-refractivity contribution is 7.90. The van der Waals surface area contributed by atoms with Gasteiger partial charge in [0, 0.05) is 30.5 Å². The Morgan fingerprint density at radius 1 is 1.05 bits per heavy atom. The van der Waals surface area contributed by atoms with Gasteiger partial charge < -0.3 is 5.11 Å². The van der Waals surface area contributed by atoms with E-state index in [0.717, 1.165) is 23.3 Å². The third-order valence-electron chi connectivity index (χ3n) is 6.30. The first-order valence-corrected chi connectivity index (χ1v) is 14.4. The topological polar surface area (TPSA) is 111 Å². The standard InChI is InChI=1S/C28H26ClF3N4O4S/c29-22-12-8-20(9-13-22)26-24(19-5-2-1-3-6-19)16-18-36(34-26)27(33-17-4-7-25(37)38)35-41(39,40)23-14-10-21(11-15-23)28(30,31)32/h1-3,5-6,8-15,24H,4,7,16-18H2,(H,33,35)(H,37,38). The van der Waals surface area contributed by atoms with Gasteiger partial charge in [-0.1, -0.05) is 54.1 Å². The second kappa shape index (κ2) is 12.7. The minimum Gasteiger partial charge on any atom is -0.481 e. The average Bonchev–Trinajstić information content (AvgIpc) is 2.95. The van der Waals surface area contributed by atoms with Gasteiger partial charge in [-0.3, -0.25) is 9.79 Å². The fourth-order valence-corrected chi connectivity index (χ4v) is 5.41. The molecule has 4 rings (SSSR count). The van der Waals surface area contributed by atoms with Crippen LogP contribution in [0.4, 0.5) is 13.2 Å². The predicted molar refractivity (Wildman–Crippen MR) is 149 cm³/mol. The Bertz CT molecular complexity index is 1530. The first-order chi connectivity index (χ1) is 19.4. The number of hydrogen-bond donors (Lipinski definition) is 2. The van der Waals surface area contributed by atoms with E-state index in [1.54, 1.807) is 24.3 Å². The van der Waals surface area contributed by atoms with E-state index in [2.05, 4.69) is 9.71 Å². The molecular weight excluding hydrogens is 581 g/mol. The number of carbonyl (C=O) groups is 1. The molecule has 0 aromatic heterocycles. The molecule has 3 aromatic carbocycles. The molecule has 1 aliphatic heterocycles. The zero-order valence-corrected chi connectivity index (χ0v) is 23.1. The maximum absolute atomic E-state index is 13.2. The van der Waals surface area contributed by atoms with Crippen LogP contribution < -0.4 is 4.72 Å². The van der Waals surface area contributed by atoms with Gasteiger partial charge in [-0.25, -0.2) is 18.1 Å². The van der Waals surface area contributed by atoms with Gasteiger partial charge in [0.1, 0.15) is 0 Å². The Balaban J connectivity index is 1.71. The number of carboxylic acids is 1. The van der Waals surface area contributed by atoms with Gasteiger partial charge in [0.2, 0.25) is 5.96 Å². The van der Waals surface area contributed by atoms with Crippen molar-refractivity contribution in [1.29, 1.82) is 0 Å². The molecule has 1 heterocycles. The van der Waals surface area contributed by atoms with Crippen LogP contribution in [0.15, 0.2) is 93.9 Å². The number of guanidine groups is 1. The predicted octanol–water partition coefficient (Wildman–Crippen LogP) is 5.75. The monoisotopic (exact) mass is 606 g/mol. The molecule has 0 bridgehead atoms. The summed E-state index contributed by atoms with van der Waals surface area (Å²) in [6.45, 7) is 0.228. The van der Waals surface area contributed by atoms with Gasteiger partial charge in [-0.2, -0.15) is 18.3 Å². The Hall–Kier alpha value is -3.90. The van der Waals surface area contributed by atoms with Crippen molar-refractivity contribution in [3.05, 3.63) is 101 Å². The van der Waals surface area contributed by atoms with Gasteiger partial charge in [-0.15, -0.1) is 0 Å². The van der Waals surface area contributed by atoms with Crippen molar-refractivity contribution in [2.75, 3.05) is 13.1 Å². The van der Waals surface area contributed by atoms with Crippen molar-refractivity contribution in [1.82, 2.24) is 9.73 Å². The van der Waals surface area contributed by atoms with Gasteiger partial charge in [0.25, 0.3) is 10.0 Å². The molecule has 41 heavy (non-hydrogen) atoms. The van der Waals surface area contributed by atoms with Gasteiger partial charge >= 0.3 is 12.1 Å². The van der Waals surface area contributed by atoms with Crippen LogP contribution in [0.5, 0.6) is 0 Å². The van der Waals surface area contributed by atoms with Crippen molar-refractivity contribution in [2.45, 2.75) is 36.3 Å². The second-order valence-electron chi connectivity index (χ2n) is 9.20. The fraction of sp³-hybridized carbons (Fsp3) is 0.250. The third kappa shape index (κ3) is 7.86. The molecule has 0 aliphatic carbocycles. The second-order valence-corrected chi connectivity index (χ2v) is 11.3. The highest BCUT2D eigenvalue weighted by Crippen LogP contribution is 2.31. The Morgan fingerprint density at radius 3 is 2.32 bits per heavy atom. The number of carboxylic acid groups (broad SMARTS) is 1. The Labute approximate surface area is 240 Å². The van der Waals surface area contributed by atoms with Crippen LogP contribution in [-0.2, 0) is 21.0 Å². The quantitative estimate of drug-likeness (QED) is 0.193. The molecule has 2 N–H and O–H groups in total. The number of rotatable bonds is 8. The molecule has 0 fully saturated rings. The lowest BCUT2D eigenvalue weighted by molar-refractivity contribution is -0.138. The Morgan fingerprint density at radius 2 is 1.71 bits per heavy atom.